The number of amides is 2. The van der Waals surface area contributed by atoms with E-state index in [1.165, 1.54) is 17.7 Å². The molecule has 1 N–H and O–H groups in total. The van der Waals surface area contributed by atoms with Gasteiger partial charge in [0.05, 0.1) is 0 Å². The Labute approximate surface area is 134 Å². The van der Waals surface area contributed by atoms with E-state index in [4.69, 9.17) is 0 Å². The summed E-state index contributed by atoms with van der Waals surface area (Å²) in [5, 5.41) is 9.61. The second kappa shape index (κ2) is 6.60. The predicted molar refractivity (Wildman–Crippen MR) is 87.4 cm³/mol. The summed E-state index contributed by atoms with van der Waals surface area (Å²) < 4.78 is 0. The molecule has 6 heteroatoms. The molecule has 1 saturated heterocycles. The van der Waals surface area contributed by atoms with Gasteiger partial charge in [-0.15, -0.1) is 0 Å². The zero-order valence-electron chi connectivity index (χ0n) is 12.4. The van der Waals surface area contributed by atoms with E-state index in [9.17, 15) is 14.7 Å². The van der Waals surface area contributed by atoms with Crippen LogP contribution in [0, 0.1) is 5.92 Å². The Hall–Kier alpha value is -1.69. The quantitative estimate of drug-likeness (QED) is 0.926. The highest BCUT2D eigenvalue weighted by atomic mass is 32.2. The van der Waals surface area contributed by atoms with Crippen LogP contribution in [0.4, 0.5) is 10.5 Å². The molecule has 1 aromatic carbocycles. The molecule has 1 heterocycles. The zero-order chi connectivity index (χ0) is 15.5. The number of rotatable bonds is 4. The van der Waals surface area contributed by atoms with E-state index >= 15 is 0 Å². The first kappa shape index (κ1) is 15.2. The Balaban J connectivity index is 1.84. The summed E-state index contributed by atoms with van der Waals surface area (Å²) in [7, 11) is 0. The third-order valence-corrected chi connectivity index (χ3v) is 5.13. The molecule has 3 rings (SSSR count). The van der Waals surface area contributed by atoms with Crippen molar-refractivity contribution < 1.29 is 14.7 Å². The van der Waals surface area contributed by atoms with Crippen molar-refractivity contribution in [1.29, 1.82) is 0 Å². The second-order valence-corrected chi connectivity index (χ2v) is 6.96. The van der Waals surface area contributed by atoms with Gasteiger partial charge in [-0.1, -0.05) is 18.2 Å². The lowest BCUT2D eigenvalue weighted by Gasteiger charge is -2.30. The Morgan fingerprint density at radius 2 is 2.05 bits per heavy atom. The van der Waals surface area contributed by atoms with E-state index in [0.717, 1.165) is 18.8 Å². The first-order valence-electron chi connectivity index (χ1n) is 7.60. The molecule has 1 saturated carbocycles. The van der Waals surface area contributed by atoms with Gasteiger partial charge in [0.25, 0.3) is 0 Å². The normalized spacial score (nSPS) is 22.3. The molecule has 22 heavy (non-hydrogen) atoms. The fourth-order valence-electron chi connectivity index (χ4n) is 2.75. The number of benzene rings is 1. The number of hydrogen-bond donors (Lipinski definition) is 1. The smallest absolute Gasteiger partial charge is 0.412 e. The van der Waals surface area contributed by atoms with Crippen molar-refractivity contribution >= 4 is 29.4 Å². The first-order chi connectivity index (χ1) is 10.7. The maximum absolute atomic E-state index is 12.8. The largest absolute Gasteiger partial charge is 0.465 e. The van der Waals surface area contributed by atoms with E-state index in [0.29, 0.717) is 17.4 Å². The predicted octanol–water partition coefficient (Wildman–Crippen LogP) is 2.53. The topological polar surface area (TPSA) is 60.9 Å². The number of nitrogens with zero attached hydrogens (tertiary/aromatic N) is 2. The number of anilines is 1. The molecule has 1 aliphatic carbocycles. The lowest BCUT2D eigenvalue weighted by atomic mass is 10.2. The summed E-state index contributed by atoms with van der Waals surface area (Å²) in [5.41, 5.74) is 0.558. The summed E-state index contributed by atoms with van der Waals surface area (Å²) in [6, 6.07) is 8.27. The van der Waals surface area contributed by atoms with Crippen molar-refractivity contribution in [1.82, 2.24) is 4.90 Å². The summed E-state index contributed by atoms with van der Waals surface area (Å²) in [6.07, 6.45) is 1.30. The van der Waals surface area contributed by atoms with Crippen LogP contribution in [0.5, 0.6) is 0 Å². The monoisotopic (exact) mass is 320 g/mol. The van der Waals surface area contributed by atoms with Crippen LogP contribution in [0.3, 0.4) is 0 Å². The van der Waals surface area contributed by atoms with Gasteiger partial charge in [0, 0.05) is 30.3 Å². The lowest BCUT2D eigenvalue weighted by Crippen LogP contribution is -2.51. The molecular weight excluding hydrogens is 300 g/mol. The molecule has 2 aliphatic rings. The SMILES string of the molecule is O=C1[C@H](N(C(=O)O)c2ccccc2)CSCCN1CC1CC1. The summed E-state index contributed by atoms with van der Waals surface area (Å²) in [5.74, 6) is 1.95. The molecule has 0 bridgehead atoms. The van der Waals surface area contributed by atoms with Crippen LogP contribution in [0.1, 0.15) is 12.8 Å². The van der Waals surface area contributed by atoms with E-state index < -0.39 is 12.1 Å². The molecule has 5 nitrogen and oxygen atoms in total. The van der Waals surface area contributed by atoms with Gasteiger partial charge >= 0.3 is 6.09 Å². The summed E-state index contributed by atoms with van der Waals surface area (Å²) >= 11 is 1.65. The van der Waals surface area contributed by atoms with Crippen LogP contribution in [0.2, 0.25) is 0 Å². The molecular formula is C16H20N2O3S. The van der Waals surface area contributed by atoms with Gasteiger partial charge in [0.2, 0.25) is 5.91 Å². The molecule has 0 aromatic heterocycles. The van der Waals surface area contributed by atoms with E-state index in [1.807, 2.05) is 11.0 Å². The molecule has 0 spiro atoms. The molecule has 118 valence electrons. The Bertz CT molecular complexity index is 548. The minimum atomic E-state index is -1.07. The van der Waals surface area contributed by atoms with Crippen LogP contribution in [-0.4, -0.2) is 52.6 Å². The van der Waals surface area contributed by atoms with Crippen LogP contribution in [0.15, 0.2) is 30.3 Å². The fourth-order valence-corrected chi connectivity index (χ4v) is 3.78. The molecule has 0 radical (unpaired) electrons. The van der Waals surface area contributed by atoms with Gasteiger partial charge in [0.15, 0.2) is 0 Å². The van der Waals surface area contributed by atoms with Gasteiger partial charge in [0.1, 0.15) is 6.04 Å². The third kappa shape index (κ3) is 3.38. The highest BCUT2D eigenvalue weighted by molar-refractivity contribution is 7.99. The van der Waals surface area contributed by atoms with Crippen LogP contribution in [-0.2, 0) is 4.79 Å². The van der Waals surface area contributed by atoms with Crippen molar-refractivity contribution in [2.45, 2.75) is 18.9 Å². The van der Waals surface area contributed by atoms with Gasteiger partial charge in [-0.25, -0.2) is 4.79 Å². The molecule has 1 aliphatic heterocycles. The minimum absolute atomic E-state index is 0.0526. The number of carbonyl (C=O) groups excluding carboxylic acids is 1. The Morgan fingerprint density at radius 3 is 2.68 bits per heavy atom. The van der Waals surface area contributed by atoms with Crippen LogP contribution < -0.4 is 4.90 Å². The number of thioether (sulfide) groups is 1. The molecule has 2 fully saturated rings. The van der Waals surface area contributed by atoms with E-state index in [2.05, 4.69) is 0 Å². The molecule has 2 amide bonds. The fraction of sp³-hybridized carbons (Fsp3) is 0.500. The minimum Gasteiger partial charge on any atom is -0.465 e. The highest BCUT2D eigenvalue weighted by Crippen LogP contribution is 2.31. The summed E-state index contributed by atoms with van der Waals surface area (Å²) in [4.78, 5) is 27.7. The highest BCUT2D eigenvalue weighted by Gasteiger charge is 2.37. The second-order valence-electron chi connectivity index (χ2n) is 5.81. The molecule has 1 aromatic rings. The third-order valence-electron chi connectivity index (χ3n) is 4.11. The van der Waals surface area contributed by atoms with Crippen molar-refractivity contribution in [3.05, 3.63) is 30.3 Å². The molecule has 0 unspecified atom stereocenters. The number of carbonyl (C=O) groups is 2. The zero-order valence-corrected chi connectivity index (χ0v) is 13.2. The maximum atomic E-state index is 12.8. The number of para-hydroxylation sites is 1. The Kier molecular flexibility index (Phi) is 4.57. The van der Waals surface area contributed by atoms with Crippen LogP contribution >= 0.6 is 11.8 Å². The summed E-state index contributed by atoms with van der Waals surface area (Å²) in [6.45, 7) is 1.50. The van der Waals surface area contributed by atoms with E-state index in [-0.39, 0.29) is 5.91 Å². The molecule has 1 atom stereocenters. The standard InChI is InChI=1S/C16H20N2O3S/c19-15-14(11-22-9-8-17(15)10-12-6-7-12)18(16(20)21)13-4-2-1-3-5-13/h1-5,12,14H,6-11H2,(H,20,21)/t14-/m1/s1. The average molecular weight is 320 g/mol. The maximum Gasteiger partial charge on any atom is 0.412 e. The van der Waals surface area contributed by atoms with Crippen molar-refractivity contribution in [2.24, 2.45) is 5.92 Å². The van der Waals surface area contributed by atoms with Crippen molar-refractivity contribution in [2.75, 3.05) is 29.5 Å². The van der Waals surface area contributed by atoms with Crippen LogP contribution in [0.25, 0.3) is 0 Å². The van der Waals surface area contributed by atoms with Gasteiger partial charge < -0.3 is 10.0 Å². The van der Waals surface area contributed by atoms with Crippen molar-refractivity contribution in [3.8, 4) is 0 Å². The number of carboxylic acid groups (broad SMARTS) is 1. The van der Waals surface area contributed by atoms with Gasteiger partial charge in [-0.3, -0.25) is 9.69 Å². The first-order valence-corrected chi connectivity index (χ1v) is 8.76. The number of hydrogen-bond acceptors (Lipinski definition) is 3. The average Bonchev–Trinajstić information content (AvgIpc) is 3.33. The van der Waals surface area contributed by atoms with E-state index in [1.54, 1.807) is 36.0 Å². The van der Waals surface area contributed by atoms with Gasteiger partial charge in [-0.2, -0.15) is 11.8 Å². The Morgan fingerprint density at radius 1 is 1.32 bits per heavy atom. The lowest BCUT2D eigenvalue weighted by molar-refractivity contribution is -0.131. The van der Waals surface area contributed by atoms with Gasteiger partial charge in [-0.05, 0) is 30.9 Å². The van der Waals surface area contributed by atoms with Crippen molar-refractivity contribution in [3.63, 3.8) is 0 Å².